The van der Waals surface area contributed by atoms with Crippen molar-refractivity contribution in [1.82, 2.24) is 4.90 Å². The van der Waals surface area contributed by atoms with Crippen molar-refractivity contribution in [3.05, 3.63) is 58.4 Å². The van der Waals surface area contributed by atoms with Crippen LogP contribution in [0.4, 0.5) is 10.5 Å². The van der Waals surface area contributed by atoms with Gasteiger partial charge in [0.05, 0.1) is 6.07 Å². The van der Waals surface area contributed by atoms with Gasteiger partial charge < -0.3 is 20.2 Å². The molecule has 138 valence electrons. The third-order valence-electron chi connectivity index (χ3n) is 5.00. The summed E-state index contributed by atoms with van der Waals surface area (Å²) in [5.41, 5.74) is 0.867. The summed E-state index contributed by atoms with van der Waals surface area (Å²) in [4.78, 5) is 14.2. The van der Waals surface area contributed by atoms with Crippen molar-refractivity contribution >= 4 is 23.3 Å². The zero-order chi connectivity index (χ0) is 19.0. The van der Waals surface area contributed by atoms with Crippen LogP contribution in [0.1, 0.15) is 18.4 Å². The van der Waals surface area contributed by atoms with E-state index in [4.69, 9.17) is 16.3 Å². The van der Waals surface area contributed by atoms with Crippen molar-refractivity contribution in [2.45, 2.75) is 18.4 Å². The van der Waals surface area contributed by atoms with E-state index in [0.29, 0.717) is 9.75 Å². The van der Waals surface area contributed by atoms with E-state index >= 15 is 0 Å². The number of anilines is 1. The number of aromatic nitrogens is 1. The van der Waals surface area contributed by atoms with Crippen molar-refractivity contribution in [3.63, 3.8) is 0 Å². The highest BCUT2D eigenvalue weighted by Crippen LogP contribution is 2.52. The summed E-state index contributed by atoms with van der Waals surface area (Å²) >= 11 is 6.23. The molecule has 0 saturated heterocycles. The second-order valence-electron chi connectivity index (χ2n) is 6.67. The van der Waals surface area contributed by atoms with E-state index in [1.807, 2.05) is 12.1 Å². The maximum Gasteiger partial charge on any atom is 0.380 e. The summed E-state index contributed by atoms with van der Waals surface area (Å²) in [6, 6.07) is 10.2. The van der Waals surface area contributed by atoms with Gasteiger partial charge in [0, 0.05) is 29.4 Å². The van der Waals surface area contributed by atoms with Crippen molar-refractivity contribution in [1.29, 1.82) is 0 Å². The van der Waals surface area contributed by atoms with Crippen LogP contribution in [0.5, 0.6) is 5.88 Å². The summed E-state index contributed by atoms with van der Waals surface area (Å²) in [7, 11) is 1.75. The molecule has 1 aromatic carbocycles. The lowest BCUT2D eigenvalue weighted by molar-refractivity contribution is -0.612. The van der Waals surface area contributed by atoms with E-state index < -0.39 is 5.54 Å². The van der Waals surface area contributed by atoms with E-state index in [-0.39, 0.29) is 24.4 Å². The molecule has 7 heteroatoms. The highest BCUT2D eigenvalue weighted by molar-refractivity contribution is 6.30. The molecule has 4 rings (SSSR count). The first-order valence-corrected chi connectivity index (χ1v) is 9.06. The van der Waals surface area contributed by atoms with Crippen LogP contribution in [-0.4, -0.2) is 24.6 Å². The molecule has 1 fully saturated rings. The molecule has 2 aromatic rings. The first-order valence-electron chi connectivity index (χ1n) is 8.68. The number of fused-ring (bicyclic) bond motifs is 1. The molecule has 1 aliphatic heterocycles. The van der Waals surface area contributed by atoms with Crippen LogP contribution in [-0.2, 0) is 5.54 Å². The molecular formula is C20H18ClN3O3. The topological polar surface area (TPSA) is 68.5 Å². The lowest BCUT2D eigenvalue weighted by Crippen LogP contribution is -2.53. The molecule has 1 aromatic heterocycles. The number of hydrogen-bond acceptors (Lipinski definition) is 3. The Balaban J connectivity index is 1.69. The van der Waals surface area contributed by atoms with E-state index in [1.54, 1.807) is 36.2 Å². The Morgan fingerprint density at radius 2 is 2.22 bits per heavy atom. The van der Waals surface area contributed by atoms with Crippen LogP contribution < -0.4 is 14.8 Å². The normalized spacial score (nSPS) is 21.0. The van der Waals surface area contributed by atoms with Gasteiger partial charge >= 0.3 is 11.9 Å². The largest absolute Gasteiger partial charge is 0.616 e. The second-order valence-corrected chi connectivity index (χ2v) is 7.11. The number of pyridine rings is 1. The van der Waals surface area contributed by atoms with Crippen molar-refractivity contribution in [3.8, 4) is 17.7 Å². The predicted molar refractivity (Wildman–Crippen MR) is 101 cm³/mol. The number of benzene rings is 1. The maximum atomic E-state index is 12.5. The number of hydrogen-bond donors (Lipinski definition) is 1. The minimum atomic E-state index is -0.754. The lowest BCUT2D eigenvalue weighted by Gasteiger charge is -2.43. The number of nitrogens with zero attached hydrogens (tertiary/aromatic N) is 2. The Hall–Kier alpha value is -2.91. The molecule has 1 aliphatic carbocycles. The lowest BCUT2D eigenvalue weighted by atomic mass is 9.81. The molecule has 0 spiro atoms. The fourth-order valence-electron chi connectivity index (χ4n) is 3.53. The molecule has 1 N–H and O–H groups in total. The van der Waals surface area contributed by atoms with Crippen LogP contribution in [0.3, 0.4) is 0 Å². The second kappa shape index (κ2) is 6.67. The number of carbonyl (C=O) groups excluding carboxylic acids is 1. The highest BCUT2D eigenvalue weighted by Gasteiger charge is 2.53. The SMILES string of the molecule is CN1C(=O)Nc2ccc(Cl)cc2C1(C#CCOc1cccc[n+]1[O-])C1CC1. The molecule has 6 nitrogen and oxygen atoms in total. The zero-order valence-corrected chi connectivity index (χ0v) is 15.5. The van der Waals surface area contributed by atoms with Gasteiger partial charge in [-0.05, 0) is 43.0 Å². The number of amides is 2. The van der Waals surface area contributed by atoms with Crippen LogP contribution in [0.25, 0.3) is 0 Å². The van der Waals surface area contributed by atoms with Gasteiger partial charge in [-0.2, -0.15) is 0 Å². The minimum Gasteiger partial charge on any atom is -0.616 e. The van der Waals surface area contributed by atoms with Gasteiger partial charge in [0.15, 0.2) is 12.8 Å². The number of urea groups is 1. The van der Waals surface area contributed by atoms with Crippen LogP contribution in [0.15, 0.2) is 42.6 Å². The standard InChI is InChI=1S/C20H18ClN3O3/c1-23-19(25)22-17-9-8-15(21)13-16(17)20(23,14-6-7-14)10-4-12-27-18-5-2-3-11-24(18)26/h2-3,5,8-9,11,13-14H,6-7,12H2,1H3,(H,22,25). The Labute approximate surface area is 162 Å². The number of nitrogens with one attached hydrogen (secondary N) is 1. The molecule has 2 aliphatic rings. The molecule has 2 amide bonds. The smallest absolute Gasteiger partial charge is 0.380 e. The molecule has 0 bridgehead atoms. The van der Waals surface area contributed by atoms with E-state index in [9.17, 15) is 10.0 Å². The third-order valence-corrected chi connectivity index (χ3v) is 5.23. The number of ether oxygens (including phenoxy) is 1. The van der Waals surface area contributed by atoms with Gasteiger partial charge in [0.2, 0.25) is 0 Å². The molecule has 1 saturated carbocycles. The monoisotopic (exact) mass is 383 g/mol. The van der Waals surface area contributed by atoms with E-state index in [2.05, 4.69) is 17.2 Å². The van der Waals surface area contributed by atoms with Gasteiger partial charge in [0.25, 0.3) is 0 Å². The Morgan fingerprint density at radius 1 is 1.41 bits per heavy atom. The van der Waals surface area contributed by atoms with Gasteiger partial charge in [0.1, 0.15) is 5.54 Å². The van der Waals surface area contributed by atoms with Crippen LogP contribution >= 0.6 is 11.6 Å². The van der Waals surface area contributed by atoms with Crippen molar-refractivity contribution < 1.29 is 14.3 Å². The first-order chi connectivity index (χ1) is 13.0. The molecule has 1 atom stereocenters. The molecule has 2 heterocycles. The first kappa shape index (κ1) is 17.5. The summed E-state index contributed by atoms with van der Waals surface area (Å²) < 4.78 is 6.12. The van der Waals surface area contributed by atoms with Gasteiger partial charge in [-0.25, -0.2) is 4.79 Å². The third kappa shape index (κ3) is 3.04. The van der Waals surface area contributed by atoms with Gasteiger partial charge in [-0.1, -0.05) is 23.4 Å². The maximum absolute atomic E-state index is 12.5. The van der Waals surface area contributed by atoms with Crippen molar-refractivity contribution in [2.75, 3.05) is 19.0 Å². The number of halogens is 1. The highest BCUT2D eigenvalue weighted by atomic mass is 35.5. The summed E-state index contributed by atoms with van der Waals surface area (Å²) in [5.74, 6) is 6.71. The average Bonchev–Trinajstić information content (AvgIpc) is 3.49. The van der Waals surface area contributed by atoms with Gasteiger partial charge in [-0.15, -0.1) is 4.73 Å². The number of carbonyl (C=O) groups is 1. The van der Waals surface area contributed by atoms with Crippen LogP contribution in [0, 0.1) is 23.0 Å². The number of rotatable bonds is 3. The zero-order valence-electron chi connectivity index (χ0n) is 14.7. The summed E-state index contributed by atoms with van der Waals surface area (Å²) in [6.07, 6.45) is 3.34. The fourth-order valence-corrected chi connectivity index (χ4v) is 3.71. The van der Waals surface area contributed by atoms with E-state index in [1.165, 1.54) is 6.20 Å². The Morgan fingerprint density at radius 3 is 2.96 bits per heavy atom. The predicted octanol–water partition coefficient (Wildman–Crippen LogP) is 3.14. The Kier molecular flexibility index (Phi) is 4.33. The van der Waals surface area contributed by atoms with Crippen molar-refractivity contribution in [2.24, 2.45) is 5.92 Å². The molecule has 1 unspecified atom stereocenters. The Bertz CT molecular complexity index is 964. The summed E-state index contributed by atoms with van der Waals surface area (Å²) in [5, 5.41) is 15.1. The quantitative estimate of drug-likeness (QED) is 0.503. The van der Waals surface area contributed by atoms with Crippen LogP contribution in [0.2, 0.25) is 5.02 Å². The fraction of sp³-hybridized carbons (Fsp3) is 0.300. The van der Waals surface area contributed by atoms with Gasteiger partial charge in [-0.3, -0.25) is 0 Å². The minimum absolute atomic E-state index is 0.0477. The molecular weight excluding hydrogens is 366 g/mol. The molecule has 0 radical (unpaired) electrons. The molecule has 27 heavy (non-hydrogen) atoms. The van der Waals surface area contributed by atoms with E-state index in [0.717, 1.165) is 24.1 Å². The average molecular weight is 384 g/mol. The summed E-state index contributed by atoms with van der Waals surface area (Å²) in [6.45, 7) is 0.0477.